The number of carbonyl (C=O) groups is 1. The highest BCUT2D eigenvalue weighted by Gasteiger charge is 2.35. The predicted molar refractivity (Wildman–Crippen MR) is 98.0 cm³/mol. The van der Waals surface area contributed by atoms with Crippen molar-refractivity contribution in [3.8, 4) is 0 Å². The van der Waals surface area contributed by atoms with Crippen LogP contribution in [-0.2, 0) is 14.3 Å². The van der Waals surface area contributed by atoms with E-state index in [4.69, 9.17) is 15.2 Å². The number of morpholine rings is 1. The summed E-state index contributed by atoms with van der Waals surface area (Å²) in [4.78, 5) is 17.0. The summed E-state index contributed by atoms with van der Waals surface area (Å²) in [6, 6.07) is 0.594. The molecular formula is C16H31Cl2N3O3. The largest absolute Gasteiger partial charge is 0.376 e. The Labute approximate surface area is 157 Å². The maximum Gasteiger partial charge on any atom is 0.251 e. The van der Waals surface area contributed by atoms with Gasteiger partial charge in [0.05, 0.1) is 18.8 Å². The lowest BCUT2D eigenvalue weighted by Gasteiger charge is -2.42. The van der Waals surface area contributed by atoms with Gasteiger partial charge in [0, 0.05) is 38.8 Å². The molecule has 2 N–H and O–H groups in total. The van der Waals surface area contributed by atoms with Crippen LogP contribution in [0.4, 0.5) is 0 Å². The quantitative estimate of drug-likeness (QED) is 0.788. The van der Waals surface area contributed by atoms with Crippen LogP contribution < -0.4 is 5.73 Å². The Bertz CT molecular complexity index is 395. The summed E-state index contributed by atoms with van der Waals surface area (Å²) < 4.78 is 11.4. The molecule has 0 aromatic carbocycles. The van der Waals surface area contributed by atoms with Crippen molar-refractivity contribution in [3.05, 3.63) is 0 Å². The van der Waals surface area contributed by atoms with E-state index in [2.05, 4.69) is 11.8 Å². The van der Waals surface area contributed by atoms with Crippen LogP contribution in [0.15, 0.2) is 0 Å². The fraction of sp³-hybridized carbons (Fsp3) is 0.938. The van der Waals surface area contributed by atoms with E-state index in [1.807, 2.05) is 4.90 Å². The summed E-state index contributed by atoms with van der Waals surface area (Å²) in [5, 5.41) is 0. The molecule has 3 rings (SSSR count). The molecule has 0 aromatic rings. The lowest BCUT2D eigenvalue weighted by molar-refractivity contribution is -0.144. The Balaban J connectivity index is 0.00000144. The summed E-state index contributed by atoms with van der Waals surface area (Å²) in [6.07, 6.45) is 4.00. The summed E-state index contributed by atoms with van der Waals surface area (Å²) in [5.41, 5.74) is 5.62. The average Bonchev–Trinajstić information content (AvgIpc) is 3.03. The average molecular weight is 384 g/mol. The van der Waals surface area contributed by atoms with E-state index in [1.165, 1.54) is 0 Å². The first-order valence-corrected chi connectivity index (χ1v) is 8.67. The molecular weight excluding hydrogens is 353 g/mol. The van der Waals surface area contributed by atoms with Crippen molar-refractivity contribution in [1.82, 2.24) is 9.80 Å². The number of amides is 1. The van der Waals surface area contributed by atoms with Gasteiger partial charge >= 0.3 is 0 Å². The molecule has 0 bridgehead atoms. The second-order valence-electron chi connectivity index (χ2n) is 6.79. The standard InChI is InChI=1S/C16H29N3O3.2ClH/c1-12-11-19(8-9-21-12)13-4-6-18(7-5-13)16(20)15-3-2-14(10-17)22-15;;/h12-15H,2-11,17H2,1H3;2*1H/t12?,14-,15+;;/m1../s1. The van der Waals surface area contributed by atoms with Crippen LogP contribution in [0.5, 0.6) is 0 Å². The van der Waals surface area contributed by atoms with E-state index in [9.17, 15) is 4.79 Å². The number of piperidine rings is 1. The minimum Gasteiger partial charge on any atom is -0.376 e. The molecule has 142 valence electrons. The topological polar surface area (TPSA) is 68.0 Å². The molecule has 8 heteroatoms. The Morgan fingerprint density at radius 3 is 2.42 bits per heavy atom. The Kier molecular flexibility index (Phi) is 9.27. The van der Waals surface area contributed by atoms with Crippen LogP contribution in [0.2, 0.25) is 0 Å². The minimum absolute atomic E-state index is 0. The summed E-state index contributed by atoms with van der Waals surface area (Å²) in [6.45, 7) is 7.22. The van der Waals surface area contributed by atoms with Gasteiger partial charge < -0.3 is 20.1 Å². The molecule has 3 aliphatic rings. The van der Waals surface area contributed by atoms with Gasteiger partial charge in [-0.25, -0.2) is 0 Å². The molecule has 0 spiro atoms. The van der Waals surface area contributed by atoms with Crippen molar-refractivity contribution < 1.29 is 14.3 Å². The fourth-order valence-electron chi connectivity index (χ4n) is 3.89. The first kappa shape index (κ1) is 21.9. The molecule has 0 aromatic heterocycles. The number of hydrogen-bond acceptors (Lipinski definition) is 5. The van der Waals surface area contributed by atoms with Crippen molar-refractivity contribution in [2.45, 2.75) is 57.0 Å². The van der Waals surface area contributed by atoms with Gasteiger partial charge in [0.1, 0.15) is 6.10 Å². The molecule has 0 radical (unpaired) electrons. The zero-order chi connectivity index (χ0) is 15.5. The van der Waals surface area contributed by atoms with Crippen LogP contribution in [0.3, 0.4) is 0 Å². The summed E-state index contributed by atoms with van der Waals surface area (Å²) in [7, 11) is 0. The molecule has 24 heavy (non-hydrogen) atoms. The number of rotatable bonds is 3. The third-order valence-corrected chi connectivity index (χ3v) is 5.21. The van der Waals surface area contributed by atoms with Gasteiger partial charge in [0.2, 0.25) is 0 Å². The van der Waals surface area contributed by atoms with Gasteiger partial charge in [0.25, 0.3) is 5.91 Å². The zero-order valence-electron chi connectivity index (χ0n) is 14.4. The van der Waals surface area contributed by atoms with Gasteiger partial charge in [-0.2, -0.15) is 0 Å². The normalized spacial score (nSPS) is 32.1. The molecule has 3 fully saturated rings. The SMILES string of the molecule is CC1CN(C2CCN(C(=O)[C@@H]3CC[C@H](CN)O3)CC2)CCO1.Cl.Cl. The van der Waals surface area contributed by atoms with Crippen LogP contribution >= 0.6 is 24.8 Å². The maximum atomic E-state index is 12.5. The van der Waals surface area contributed by atoms with Crippen LogP contribution in [0.25, 0.3) is 0 Å². The smallest absolute Gasteiger partial charge is 0.251 e. The van der Waals surface area contributed by atoms with Crippen LogP contribution in [0.1, 0.15) is 32.6 Å². The molecule has 6 nitrogen and oxygen atoms in total. The lowest BCUT2D eigenvalue weighted by Crippen LogP contribution is -2.53. The lowest BCUT2D eigenvalue weighted by atomic mass is 10.0. The van der Waals surface area contributed by atoms with Crippen molar-refractivity contribution in [2.75, 3.05) is 39.3 Å². The number of ether oxygens (including phenoxy) is 2. The van der Waals surface area contributed by atoms with Gasteiger partial charge in [-0.3, -0.25) is 9.69 Å². The van der Waals surface area contributed by atoms with Crippen molar-refractivity contribution >= 4 is 30.7 Å². The highest BCUT2D eigenvalue weighted by atomic mass is 35.5. The van der Waals surface area contributed by atoms with Crippen LogP contribution in [-0.4, -0.2) is 79.4 Å². The fourth-order valence-corrected chi connectivity index (χ4v) is 3.89. The van der Waals surface area contributed by atoms with Gasteiger partial charge in [0.15, 0.2) is 0 Å². The minimum atomic E-state index is -0.256. The second-order valence-corrected chi connectivity index (χ2v) is 6.79. The van der Waals surface area contributed by atoms with Gasteiger partial charge in [-0.1, -0.05) is 0 Å². The third kappa shape index (κ3) is 5.19. The highest BCUT2D eigenvalue weighted by Crippen LogP contribution is 2.24. The molecule has 3 heterocycles. The van der Waals surface area contributed by atoms with Crippen LogP contribution in [0, 0.1) is 0 Å². The zero-order valence-corrected chi connectivity index (χ0v) is 16.0. The first-order chi connectivity index (χ1) is 10.7. The molecule has 1 unspecified atom stereocenters. The van der Waals surface area contributed by atoms with E-state index in [0.29, 0.717) is 18.7 Å². The molecule has 0 aliphatic carbocycles. The maximum absolute atomic E-state index is 12.5. The predicted octanol–water partition coefficient (Wildman–Crippen LogP) is 1.05. The van der Waals surface area contributed by atoms with E-state index in [0.717, 1.165) is 58.5 Å². The van der Waals surface area contributed by atoms with E-state index in [-0.39, 0.29) is 42.9 Å². The summed E-state index contributed by atoms with van der Waals surface area (Å²) in [5.74, 6) is 0.171. The molecule has 3 aliphatic heterocycles. The summed E-state index contributed by atoms with van der Waals surface area (Å²) >= 11 is 0. The van der Waals surface area contributed by atoms with E-state index < -0.39 is 0 Å². The van der Waals surface area contributed by atoms with Crippen molar-refractivity contribution in [2.24, 2.45) is 5.73 Å². The Hall–Kier alpha value is -0.110. The molecule has 1 amide bonds. The molecule has 3 atom stereocenters. The van der Waals surface area contributed by atoms with E-state index in [1.54, 1.807) is 0 Å². The molecule has 3 saturated heterocycles. The monoisotopic (exact) mass is 383 g/mol. The number of hydrogen-bond donors (Lipinski definition) is 1. The second kappa shape index (κ2) is 10.1. The Morgan fingerprint density at radius 2 is 1.83 bits per heavy atom. The van der Waals surface area contributed by atoms with Gasteiger partial charge in [-0.05, 0) is 32.6 Å². The molecule has 0 saturated carbocycles. The van der Waals surface area contributed by atoms with Gasteiger partial charge in [-0.15, -0.1) is 24.8 Å². The number of likely N-dealkylation sites (tertiary alicyclic amines) is 1. The Morgan fingerprint density at radius 1 is 1.12 bits per heavy atom. The first-order valence-electron chi connectivity index (χ1n) is 8.67. The van der Waals surface area contributed by atoms with Crippen molar-refractivity contribution in [1.29, 1.82) is 0 Å². The number of carbonyl (C=O) groups excluding carboxylic acids is 1. The highest BCUT2D eigenvalue weighted by molar-refractivity contribution is 5.85. The van der Waals surface area contributed by atoms with E-state index >= 15 is 0 Å². The third-order valence-electron chi connectivity index (χ3n) is 5.21. The number of nitrogens with zero attached hydrogens (tertiary/aromatic N) is 2. The van der Waals surface area contributed by atoms with Crippen molar-refractivity contribution in [3.63, 3.8) is 0 Å². The number of halogens is 2. The number of nitrogens with two attached hydrogens (primary N) is 1.